The van der Waals surface area contributed by atoms with Crippen LogP contribution in [0.25, 0.3) is 0 Å². The van der Waals surface area contributed by atoms with Gasteiger partial charge in [0, 0.05) is 36.8 Å². The fraction of sp³-hybridized carbons (Fsp3) is 0.621. The summed E-state index contributed by atoms with van der Waals surface area (Å²) in [6.07, 6.45) is -1.47. The third-order valence-corrected chi connectivity index (χ3v) is 9.81. The minimum Gasteiger partial charge on any atom is -0.461 e. The predicted molar refractivity (Wildman–Crippen MR) is 152 cm³/mol. The first kappa shape index (κ1) is 29.0. The molecule has 0 saturated carbocycles. The average Bonchev–Trinajstić information content (AvgIpc) is 3.46. The maximum Gasteiger partial charge on any atom is 0.418 e. The number of hydrogen-bond donors (Lipinski definition) is 1. The molecule has 4 fully saturated rings. The van der Waals surface area contributed by atoms with Crippen molar-refractivity contribution in [1.82, 2.24) is 9.80 Å². The Labute approximate surface area is 250 Å². The van der Waals surface area contributed by atoms with E-state index in [0.29, 0.717) is 31.8 Å². The second kappa shape index (κ2) is 10.7. The van der Waals surface area contributed by atoms with E-state index < -0.39 is 57.7 Å². The van der Waals surface area contributed by atoms with Gasteiger partial charge in [0.1, 0.15) is 30.2 Å². The maximum atomic E-state index is 16.6. The van der Waals surface area contributed by atoms with Crippen molar-refractivity contribution in [2.75, 3.05) is 38.6 Å². The van der Waals surface area contributed by atoms with Gasteiger partial charge in [-0.3, -0.25) is 4.90 Å². The number of rotatable bonds is 3. The van der Waals surface area contributed by atoms with E-state index in [1.807, 2.05) is 0 Å². The summed E-state index contributed by atoms with van der Waals surface area (Å²) in [4.78, 5) is 17.8. The van der Waals surface area contributed by atoms with E-state index >= 15 is 4.39 Å². The molecule has 6 aliphatic rings. The smallest absolute Gasteiger partial charge is 0.418 e. The van der Waals surface area contributed by atoms with Crippen molar-refractivity contribution in [3.05, 3.63) is 39.8 Å². The lowest BCUT2D eigenvalue weighted by Crippen LogP contribution is -2.54. The van der Waals surface area contributed by atoms with Crippen LogP contribution in [-0.4, -0.2) is 84.2 Å². The SMILES string of the molecule is Nc1cc(Cl)c(C(F)(F)F)c(C2=NC3OCCC4CCCCN4C4=NC(OC[C@@]56CCCN5C[C@H](F)C6)=NC(=C2F)C43)c1. The van der Waals surface area contributed by atoms with Crippen LogP contribution in [0.5, 0.6) is 0 Å². The minimum absolute atomic E-state index is 0.0770. The summed E-state index contributed by atoms with van der Waals surface area (Å²) in [7, 11) is 0. The molecule has 0 amide bonds. The number of ether oxygens (including phenoxy) is 2. The number of benzene rings is 1. The van der Waals surface area contributed by atoms with E-state index in [1.165, 1.54) is 0 Å². The number of nitrogen functional groups attached to an aromatic ring is 1. The van der Waals surface area contributed by atoms with Crippen molar-refractivity contribution in [2.24, 2.45) is 20.9 Å². The van der Waals surface area contributed by atoms with Crippen LogP contribution in [0.2, 0.25) is 5.02 Å². The highest BCUT2D eigenvalue weighted by molar-refractivity contribution is 6.32. The molecule has 1 aromatic rings. The molecule has 0 bridgehead atoms. The zero-order valence-electron chi connectivity index (χ0n) is 23.3. The van der Waals surface area contributed by atoms with Crippen LogP contribution in [0.3, 0.4) is 0 Å². The largest absolute Gasteiger partial charge is 0.461 e. The monoisotopic (exact) mass is 626 g/mol. The molecule has 3 unspecified atom stereocenters. The highest BCUT2D eigenvalue weighted by Gasteiger charge is 2.51. The lowest BCUT2D eigenvalue weighted by atomic mass is 9.88. The molecule has 1 aromatic carbocycles. The van der Waals surface area contributed by atoms with Crippen LogP contribution in [0, 0.1) is 5.92 Å². The predicted octanol–water partition coefficient (Wildman–Crippen LogP) is 5.50. The molecule has 6 aliphatic heterocycles. The molecule has 14 heteroatoms. The third-order valence-electron chi connectivity index (χ3n) is 9.52. The molecular formula is C29H32ClF5N6O2. The summed E-state index contributed by atoms with van der Waals surface area (Å²) in [6.45, 7) is 2.18. The molecule has 0 spiro atoms. The van der Waals surface area contributed by atoms with Crippen molar-refractivity contribution in [2.45, 2.75) is 75.1 Å². The Morgan fingerprint density at radius 2 is 1.98 bits per heavy atom. The fourth-order valence-corrected chi connectivity index (χ4v) is 7.96. The topological polar surface area (TPSA) is 88.0 Å². The highest BCUT2D eigenvalue weighted by atomic mass is 35.5. The van der Waals surface area contributed by atoms with E-state index in [2.05, 4.69) is 19.8 Å². The fourth-order valence-electron chi connectivity index (χ4n) is 7.62. The number of allylic oxidation sites excluding steroid dienone is 1. The Kier molecular flexibility index (Phi) is 7.20. The van der Waals surface area contributed by atoms with Gasteiger partial charge < -0.3 is 20.1 Å². The van der Waals surface area contributed by atoms with Crippen molar-refractivity contribution >= 4 is 34.9 Å². The summed E-state index contributed by atoms with van der Waals surface area (Å²) in [5.41, 5.74) is 2.71. The second-order valence-electron chi connectivity index (χ2n) is 12.2. The third kappa shape index (κ3) is 5.01. The number of aliphatic imine (C=N–C) groups is 3. The molecule has 8 nitrogen and oxygen atoms in total. The van der Waals surface area contributed by atoms with Crippen LogP contribution in [0.1, 0.15) is 56.1 Å². The molecule has 7 rings (SSSR count). The number of nitrogens with two attached hydrogens (primary N) is 1. The molecule has 0 aromatic heterocycles. The number of amidine groups is 2. The van der Waals surface area contributed by atoms with Gasteiger partial charge in [0.15, 0.2) is 12.1 Å². The lowest BCUT2D eigenvalue weighted by Gasteiger charge is -2.45. The molecule has 5 atom stereocenters. The summed E-state index contributed by atoms with van der Waals surface area (Å²) in [6, 6.07) is 1.97. The van der Waals surface area contributed by atoms with Crippen LogP contribution in [-0.2, 0) is 15.7 Å². The van der Waals surface area contributed by atoms with Gasteiger partial charge in [-0.1, -0.05) is 11.6 Å². The van der Waals surface area contributed by atoms with E-state index in [-0.39, 0.29) is 36.7 Å². The molecule has 6 heterocycles. The number of anilines is 1. The second-order valence-corrected chi connectivity index (χ2v) is 12.6. The van der Waals surface area contributed by atoms with Crippen molar-refractivity contribution < 1.29 is 31.4 Å². The quantitative estimate of drug-likeness (QED) is 0.354. The maximum absolute atomic E-state index is 16.6. The van der Waals surface area contributed by atoms with Gasteiger partial charge in [-0.2, -0.15) is 23.2 Å². The lowest BCUT2D eigenvalue weighted by molar-refractivity contribution is -0.137. The summed E-state index contributed by atoms with van der Waals surface area (Å²) in [5, 5.41) is -0.665. The number of alkyl halides is 4. The van der Waals surface area contributed by atoms with Gasteiger partial charge in [-0.25, -0.2) is 13.8 Å². The zero-order chi connectivity index (χ0) is 30.1. The summed E-state index contributed by atoms with van der Waals surface area (Å²) < 4.78 is 85.8. The van der Waals surface area contributed by atoms with Crippen molar-refractivity contribution in [1.29, 1.82) is 0 Å². The Balaban J connectivity index is 1.33. The van der Waals surface area contributed by atoms with Gasteiger partial charge in [0.2, 0.25) is 0 Å². The van der Waals surface area contributed by atoms with Gasteiger partial charge in [-0.05, 0) is 57.2 Å². The van der Waals surface area contributed by atoms with E-state index in [9.17, 15) is 17.6 Å². The van der Waals surface area contributed by atoms with Gasteiger partial charge in [0.05, 0.1) is 28.4 Å². The number of halogens is 6. The van der Waals surface area contributed by atoms with Crippen LogP contribution in [0.15, 0.2) is 38.6 Å². The first-order valence-electron chi connectivity index (χ1n) is 14.8. The molecule has 4 saturated heterocycles. The highest BCUT2D eigenvalue weighted by Crippen LogP contribution is 2.45. The average molecular weight is 627 g/mol. The van der Waals surface area contributed by atoms with Gasteiger partial charge in [-0.15, -0.1) is 0 Å². The molecule has 0 aliphatic carbocycles. The van der Waals surface area contributed by atoms with Crippen LogP contribution < -0.4 is 5.73 Å². The van der Waals surface area contributed by atoms with Crippen molar-refractivity contribution in [3.63, 3.8) is 0 Å². The van der Waals surface area contributed by atoms with E-state index in [0.717, 1.165) is 50.8 Å². The first-order chi connectivity index (χ1) is 20.5. The number of fused-ring (bicyclic) bond motifs is 3. The molecule has 232 valence electrons. The van der Waals surface area contributed by atoms with Crippen LogP contribution in [0.4, 0.5) is 27.6 Å². The van der Waals surface area contributed by atoms with Gasteiger partial charge >= 0.3 is 12.2 Å². The van der Waals surface area contributed by atoms with E-state index in [4.69, 9.17) is 31.8 Å². The number of dihydropyridines is 1. The van der Waals surface area contributed by atoms with E-state index in [1.54, 1.807) is 0 Å². The summed E-state index contributed by atoms with van der Waals surface area (Å²) in [5.74, 6) is -1.46. The Morgan fingerprint density at radius 1 is 1.14 bits per heavy atom. The number of piperidine rings is 1. The van der Waals surface area contributed by atoms with Crippen LogP contribution >= 0.6 is 11.6 Å². The number of nitrogens with zero attached hydrogens (tertiary/aromatic N) is 5. The minimum atomic E-state index is -4.91. The normalized spacial score (nSPS) is 32.7. The molecule has 0 radical (unpaired) electrons. The van der Waals surface area contributed by atoms with Gasteiger partial charge in [0.25, 0.3) is 0 Å². The Morgan fingerprint density at radius 3 is 2.79 bits per heavy atom. The molecular weight excluding hydrogens is 595 g/mol. The standard InChI is InChI=1S/C29H32ClF5N6O2/c30-19-11-16(36)10-18(21(19)29(33,34)35)23-22(32)24-20-25(41-8-2-1-4-17(41)5-9-42-26(20)37-23)39-27(38-24)43-14-28-6-3-7-40(28)13-15(31)12-28/h10-11,15,17,20,26H,1-9,12-14,36H2/t15-,17?,20?,26?,28+/m1/s1. The molecule has 2 N–H and O–H groups in total. The Hall–Kier alpha value is -2.77. The molecule has 43 heavy (non-hydrogen) atoms. The zero-order valence-corrected chi connectivity index (χ0v) is 24.1. The Bertz CT molecular complexity index is 1450. The summed E-state index contributed by atoms with van der Waals surface area (Å²) >= 11 is 6.00. The number of hydrogen-bond acceptors (Lipinski definition) is 8. The van der Waals surface area contributed by atoms with Crippen molar-refractivity contribution in [3.8, 4) is 0 Å². The first-order valence-corrected chi connectivity index (χ1v) is 15.1.